The lowest BCUT2D eigenvalue weighted by molar-refractivity contribution is 0.0631. The quantitative estimate of drug-likeness (QED) is 0.379. The highest BCUT2D eigenvalue weighted by atomic mass is 35.5. The number of alkyl halides is 1. The lowest BCUT2D eigenvalue weighted by Crippen LogP contribution is -2.36. The van der Waals surface area contributed by atoms with Crippen molar-refractivity contribution in [3.05, 3.63) is 40.9 Å². The largest absolute Gasteiger partial charge is 0.353 e. The topological polar surface area (TPSA) is 71.9 Å². The van der Waals surface area contributed by atoms with Crippen molar-refractivity contribution in [1.29, 1.82) is 5.26 Å². The molecule has 106 valence electrons. The first kappa shape index (κ1) is 15.2. The molecular formula is C14H16ClN3OS. The zero-order chi connectivity index (χ0) is 14.5. The van der Waals surface area contributed by atoms with Crippen LogP contribution in [0.4, 0.5) is 0 Å². The Morgan fingerprint density at radius 3 is 2.70 bits per heavy atom. The molecular weight excluding hydrogens is 294 g/mol. The molecule has 1 aliphatic carbocycles. The van der Waals surface area contributed by atoms with Crippen LogP contribution in [0, 0.1) is 11.3 Å². The van der Waals surface area contributed by atoms with Gasteiger partial charge in [-0.15, -0.1) is 11.3 Å². The normalized spacial score (nSPS) is 28.4. The van der Waals surface area contributed by atoms with Gasteiger partial charge in [-0.1, -0.05) is 11.6 Å². The fourth-order valence-electron chi connectivity index (χ4n) is 1.81. The van der Waals surface area contributed by atoms with Gasteiger partial charge in [0.2, 0.25) is 0 Å². The zero-order valence-corrected chi connectivity index (χ0v) is 12.5. The lowest BCUT2D eigenvalue weighted by atomic mass is 9.97. The number of hydrogen-bond donors (Lipinski definition) is 1. The minimum absolute atomic E-state index is 0.507. The van der Waals surface area contributed by atoms with Gasteiger partial charge in [-0.2, -0.15) is 5.26 Å². The van der Waals surface area contributed by atoms with Crippen LogP contribution in [0.1, 0.15) is 17.8 Å². The molecule has 0 aliphatic heterocycles. The van der Waals surface area contributed by atoms with Crippen molar-refractivity contribution >= 4 is 22.9 Å². The van der Waals surface area contributed by atoms with E-state index in [-0.39, 0.29) is 0 Å². The van der Waals surface area contributed by atoms with Crippen LogP contribution in [0.3, 0.4) is 0 Å². The van der Waals surface area contributed by atoms with Gasteiger partial charge in [0.1, 0.15) is 11.1 Å². The molecule has 0 saturated carbocycles. The van der Waals surface area contributed by atoms with Crippen LogP contribution in [0.15, 0.2) is 35.9 Å². The Balaban J connectivity index is 1.75. The molecule has 2 N–H and O–H groups in total. The summed E-state index contributed by atoms with van der Waals surface area (Å²) >= 11 is 7.59. The van der Waals surface area contributed by atoms with E-state index in [0.717, 1.165) is 24.3 Å². The molecule has 1 aromatic rings. The molecule has 0 amide bonds. The molecule has 20 heavy (non-hydrogen) atoms. The average Bonchev–Trinajstić information content (AvgIpc) is 2.94. The number of nitrogens with zero attached hydrogens (tertiary/aromatic N) is 2. The van der Waals surface area contributed by atoms with Gasteiger partial charge in [0.15, 0.2) is 5.60 Å². The van der Waals surface area contributed by atoms with Crippen molar-refractivity contribution in [2.24, 2.45) is 5.73 Å². The summed E-state index contributed by atoms with van der Waals surface area (Å²) in [5.41, 5.74) is 4.66. The van der Waals surface area contributed by atoms with E-state index in [1.807, 2.05) is 11.6 Å². The molecule has 0 bridgehead atoms. The van der Waals surface area contributed by atoms with Gasteiger partial charge >= 0.3 is 0 Å². The molecule has 0 atom stereocenters. The smallest absolute Gasteiger partial charge is 0.191 e. The van der Waals surface area contributed by atoms with E-state index in [0.29, 0.717) is 6.61 Å². The number of hydrogen-bond acceptors (Lipinski definition) is 5. The molecule has 0 radical (unpaired) electrons. The van der Waals surface area contributed by atoms with Crippen LogP contribution in [0.2, 0.25) is 0 Å². The number of nitriles is 1. The Morgan fingerprint density at radius 2 is 2.10 bits per heavy atom. The van der Waals surface area contributed by atoms with Gasteiger partial charge < -0.3 is 10.5 Å². The highest BCUT2D eigenvalue weighted by Crippen LogP contribution is 2.25. The fourth-order valence-corrected chi connectivity index (χ4v) is 2.60. The zero-order valence-electron chi connectivity index (χ0n) is 11.0. The number of aromatic nitrogens is 1. The lowest BCUT2D eigenvalue weighted by Gasteiger charge is -2.26. The first-order valence-corrected chi connectivity index (χ1v) is 7.63. The van der Waals surface area contributed by atoms with Crippen LogP contribution in [-0.2, 0) is 11.2 Å². The maximum Gasteiger partial charge on any atom is 0.191 e. The summed E-state index contributed by atoms with van der Waals surface area (Å²) < 4.78 is 5.67. The van der Waals surface area contributed by atoms with Gasteiger partial charge in [-0.3, -0.25) is 0 Å². The molecule has 0 saturated heterocycles. The van der Waals surface area contributed by atoms with E-state index in [1.54, 1.807) is 35.6 Å². The standard InChI is InChI=1S/C14H16ClN3OS/c15-14(17)6-4-13(11-16,5-7-14)19-9-2-1-3-12-18-8-10-20-12/h4-8,10H,1-3,9,17H2. The van der Waals surface area contributed by atoms with E-state index in [9.17, 15) is 5.26 Å². The molecule has 0 spiro atoms. The van der Waals surface area contributed by atoms with Crippen LogP contribution in [0.5, 0.6) is 0 Å². The monoisotopic (exact) mass is 309 g/mol. The van der Waals surface area contributed by atoms with Crippen molar-refractivity contribution in [3.8, 4) is 6.07 Å². The molecule has 1 heterocycles. The molecule has 0 aromatic carbocycles. The third-order valence-corrected chi connectivity index (χ3v) is 4.05. The van der Waals surface area contributed by atoms with E-state index in [1.165, 1.54) is 0 Å². The molecule has 6 heteroatoms. The number of aryl methyl sites for hydroxylation is 1. The van der Waals surface area contributed by atoms with Crippen LogP contribution < -0.4 is 5.73 Å². The van der Waals surface area contributed by atoms with Gasteiger partial charge in [0.05, 0.1) is 5.01 Å². The number of thiazole rings is 1. The Morgan fingerprint density at radius 1 is 1.35 bits per heavy atom. The van der Waals surface area contributed by atoms with Crippen LogP contribution in [0.25, 0.3) is 0 Å². The number of nitrogens with two attached hydrogens (primary N) is 1. The van der Waals surface area contributed by atoms with E-state index < -0.39 is 10.6 Å². The van der Waals surface area contributed by atoms with Gasteiger partial charge in [-0.25, -0.2) is 4.98 Å². The Bertz CT molecular complexity index is 515. The van der Waals surface area contributed by atoms with Crippen LogP contribution >= 0.6 is 22.9 Å². The Labute approximate surface area is 127 Å². The van der Waals surface area contributed by atoms with Crippen molar-refractivity contribution in [2.45, 2.75) is 29.9 Å². The summed E-state index contributed by atoms with van der Waals surface area (Å²) in [6.07, 6.45) is 11.0. The second-order valence-corrected chi connectivity index (χ2v) is 6.26. The average molecular weight is 310 g/mol. The number of halogens is 1. The first-order chi connectivity index (χ1) is 9.55. The van der Waals surface area contributed by atoms with Crippen molar-refractivity contribution < 1.29 is 4.74 Å². The Kier molecular flexibility index (Phi) is 4.95. The summed E-state index contributed by atoms with van der Waals surface area (Å²) in [6.45, 7) is 0.507. The summed E-state index contributed by atoms with van der Waals surface area (Å²) in [7, 11) is 0. The van der Waals surface area contributed by atoms with Crippen LogP contribution in [-0.4, -0.2) is 22.2 Å². The predicted octanol–water partition coefficient (Wildman–Crippen LogP) is 2.76. The fraction of sp³-hybridized carbons (Fsp3) is 0.429. The van der Waals surface area contributed by atoms with E-state index in [2.05, 4.69) is 11.1 Å². The molecule has 1 aromatic heterocycles. The highest BCUT2D eigenvalue weighted by Gasteiger charge is 2.31. The summed E-state index contributed by atoms with van der Waals surface area (Å²) in [4.78, 5) is 3.20. The first-order valence-electron chi connectivity index (χ1n) is 6.37. The molecule has 2 rings (SSSR count). The molecule has 0 fully saturated rings. The van der Waals surface area contributed by atoms with E-state index in [4.69, 9.17) is 22.1 Å². The summed E-state index contributed by atoms with van der Waals surface area (Å²) in [5, 5.41) is 12.4. The number of rotatable bonds is 6. The van der Waals surface area contributed by atoms with Gasteiger partial charge in [0.25, 0.3) is 0 Å². The Hall–Kier alpha value is -1.19. The third-order valence-electron chi connectivity index (χ3n) is 2.96. The summed E-state index contributed by atoms with van der Waals surface area (Å²) in [6, 6.07) is 2.14. The van der Waals surface area contributed by atoms with Crippen molar-refractivity contribution in [2.75, 3.05) is 6.61 Å². The van der Waals surface area contributed by atoms with Gasteiger partial charge in [0, 0.05) is 18.2 Å². The summed E-state index contributed by atoms with van der Waals surface area (Å²) in [5.74, 6) is 0. The minimum Gasteiger partial charge on any atom is -0.353 e. The highest BCUT2D eigenvalue weighted by molar-refractivity contribution is 7.09. The number of ether oxygens (including phenoxy) is 1. The minimum atomic E-state index is -1.04. The second-order valence-electron chi connectivity index (χ2n) is 4.63. The van der Waals surface area contributed by atoms with Crippen molar-refractivity contribution in [1.82, 2.24) is 4.98 Å². The molecule has 4 nitrogen and oxygen atoms in total. The molecule has 1 aliphatic rings. The SMILES string of the molecule is N#CC1(OCCCCc2nccs2)C=CC(N)(Cl)C=C1. The third kappa shape index (κ3) is 4.15. The van der Waals surface area contributed by atoms with Crippen molar-refractivity contribution in [3.63, 3.8) is 0 Å². The molecule has 0 unspecified atom stereocenters. The maximum atomic E-state index is 9.25. The predicted molar refractivity (Wildman–Crippen MR) is 80.4 cm³/mol. The number of unbranched alkanes of at least 4 members (excludes halogenated alkanes) is 1. The second kappa shape index (κ2) is 6.51. The van der Waals surface area contributed by atoms with Gasteiger partial charge in [-0.05, 0) is 43.6 Å². The maximum absolute atomic E-state index is 9.25. The van der Waals surface area contributed by atoms with E-state index >= 15 is 0 Å².